The predicted molar refractivity (Wildman–Crippen MR) is 48.9 cm³/mol. The Labute approximate surface area is 70.3 Å². The summed E-state index contributed by atoms with van der Waals surface area (Å²) in [4.78, 5) is 0. The van der Waals surface area contributed by atoms with Crippen molar-refractivity contribution in [3.8, 4) is 0 Å². The lowest BCUT2D eigenvalue weighted by atomic mass is 10.3. The highest BCUT2D eigenvalue weighted by Crippen LogP contribution is 1.87. The maximum Gasteiger partial charge on any atom is 0.0462 e. The van der Waals surface area contributed by atoms with Gasteiger partial charge in [-0.05, 0) is 32.4 Å². The number of hydrogen-bond donors (Lipinski definition) is 1. The van der Waals surface area contributed by atoms with E-state index in [-0.39, 0.29) is 0 Å². The number of hydrogen-bond acceptors (Lipinski definition) is 2. The number of nitrogens with one attached hydrogen (secondary N) is 1. The SMILES string of the molecule is CCCCNCCCCOC. The molecule has 0 aromatic heterocycles. The van der Waals surface area contributed by atoms with E-state index in [0.717, 1.165) is 13.2 Å². The quantitative estimate of drug-likeness (QED) is 0.545. The third kappa shape index (κ3) is 9.92. The molecule has 1 N–H and O–H groups in total. The molecule has 0 aliphatic carbocycles. The van der Waals surface area contributed by atoms with Crippen molar-refractivity contribution < 1.29 is 4.74 Å². The lowest BCUT2D eigenvalue weighted by molar-refractivity contribution is 0.192. The standard InChI is InChI=1S/C9H21NO/c1-3-4-7-10-8-5-6-9-11-2/h10H,3-9H2,1-2H3. The molecule has 0 atom stereocenters. The molecule has 0 saturated heterocycles. The zero-order chi connectivity index (χ0) is 8.36. The summed E-state index contributed by atoms with van der Waals surface area (Å²) in [6.45, 7) is 5.43. The Morgan fingerprint density at radius 1 is 1.09 bits per heavy atom. The number of methoxy groups -OCH3 is 1. The van der Waals surface area contributed by atoms with Gasteiger partial charge in [0.05, 0.1) is 0 Å². The van der Waals surface area contributed by atoms with E-state index in [9.17, 15) is 0 Å². The van der Waals surface area contributed by atoms with E-state index in [1.165, 1.54) is 32.2 Å². The summed E-state index contributed by atoms with van der Waals surface area (Å²) in [5.74, 6) is 0. The average Bonchev–Trinajstić information content (AvgIpc) is 2.03. The highest BCUT2D eigenvalue weighted by atomic mass is 16.5. The smallest absolute Gasteiger partial charge is 0.0462 e. The van der Waals surface area contributed by atoms with Crippen LogP contribution in [0.2, 0.25) is 0 Å². The van der Waals surface area contributed by atoms with Crippen molar-refractivity contribution in [1.29, 1.82) is 0 Å². The molecule has 0 heterocycles. The Balaban J connectivity index is 2.69. The van der Waals surface area contributed by atoms with E-state index in [0.29, 0.717) is 0 Å². The minimum atomic E-state index is 0.898. The monoisotopic (exact) mass is 159 g/mol. The Morgan fingerprint density at radius 3 is 2.45 bits per heavy atom. The van der Waals surface area contributed by atoms with Gasteiger partial charge in [0.15, 0.2) is 0 Å². The van der Waals surface area contributed by atoms with E-state index >= 15 is 0 Å². The minimum Gasteiger partial charge on any atom is -0.385 e. The summed E-state index contributed by atoms with van der Waals surface area (Å²) in [5.41, 5.74) is 0. The molecule has 0 aliphatic heterocycles. The first-order valence-electron chi connectivity index (χ1n) is 4.61. The first-order chi connectivity index (χ1) is 5.41. The summed E-state index contributed by atoms with van der Waals surface area (Å²) < 4.78 is 4.94. The van der Waals surface area contributed by atoms with E-state index in [1.54, 1.807) is 7.11 Å². The van der Waals surface area contributed by atoms with Crippen molar-refractivity contribution in [2.75, 3.05) is 26.8 Å². The zero-order valence-electron chi connectivity index (χ0n) is 7.86. The molecule has 2 heteroatoms. The maximum absolute atomic E-state index is 4.94. The van der Waals surface area contributed by atoms with Gasteiger partial charge in [0, 0.05) is 13.7 Å². The van der Waals surface area contributed by atoms with E-state index in [2.05, 4.69) is 12.2 Å². The molecule has 0 radical (unpaired) electrons. The van der Waals surface area contributed by atoms with Gasteiger partial charge in [-0.1, -0.05) is 13.3 Å². The predicted octanol–water partition coefficient (Wildman–Crippen LogP) is 1.80. The van der Waals surface area contributed by atoms with Gasteiger partial charge < -0.3 is 10.1 Å². The highest BCUT2D eigenvalue weighted by Gasteiger charge is 1.87. The molecule has 0 bridgehead atoms. The summed E-state index contributed by atoms with van der Waals surface area (Å²) >= 11 is 0. The van der Waals surface area contributed by atoms with Crippen molar-refractivity contribution in [2.24, 2.45) is 0 Å². The summed E-state index contributed by atoms with van der Waals surface area (Å²) in [5, 5.41) is 3.39. The van der Waals surface area contributed by atoms with E-state index < -0.39 is 0 Å². The molecule has 0 spiro atoms. The van der Waals surface area contributed by atoms with Crippen LogP contribution in [0.5, 0.6) is 0 Å². The Bertz CT molecular complexity index is 58.6. The fraction of sp³-hybridized carbons (Fsp3) is 1.00. The lowest BCUT2D eigenvalue weighted by Gasteiger charge is -2.02. The second kappa shape index (κ2) is 9.92. The van der Waals surface area contributed by atoms with Crippen LogP contribution in [0.3, 0.4) is 0 Å². The topological polar surface area (TPSA) is 21.3 Å². The van der Waals surface area contributed by atoms with Crippen LogP contribution in [-0.2, 0) is 4.74 Å². The van der Waals surface area contributed by atoms with Crippen LogP contribution in [0.1, 0.15) is 32.6 Å². The molecule has 2 nitrogen and oxygen atoms in total. The summed E-state index contributed by atoms with van der Waals surface area (Å²) in [6.07, 6.45) is 4.99. The third-order valence-corrected chi connectivity index (χ3v) is 1.66. The van der Waals surface area contributed by atoms with Crippen molar-refractivity contribution in [1.82, 2.24) is 5.32 Å². The van der Waals surface area contributed by atoms with Crippen LogP contribution in [-0.4, -0.2) is 26.8 Å². The van der Waals surface area contributed by atoms with Crippen LogP contribution in [0, 0.1) is 0 Å². The Hall–Kier alpha value is -0.0800. The third-order valence-electron chi connectivity index (χ3n) is 1.66. The van der Waals surface area contributed by atoms with Gasteiger partial charge in [-0.2, -0.15) is 0 Å². The molecule has 0 aromatic rings. The highest BCUT2D eigenvalue weighted by molar-refractivity contribution is 4.47. The molecule has 0 aromatic carbocycles. The van der Waals surface area contributed by atoms with Gasteiger partial charge in [-0.15, -0.1) is 0 Å². The number of unbranched alkanes of at least 4 members (excludes halogenated alkanes) is 2. The normalized spacial score (nSPS) is 10.4. The lowest BCUT2D eigenvalue weighted by Crippen LogP contribution is -2.16. The Kier molecular flexibility index (Phi) is 9.85. The maximum atomic E-state index is 4.94. The van der Waals surface area contributed by atoms with E-state index in [1.807, 2.05) is 0 Å². The summed E-state index contributed by atoms with van der Waals surface area (Å²) in [6, 6.07) is 0. The van der Waals surface area contributed by atoms with Gasteiger partial charge in [-0.25, -0.2) is 0 Å². The largest absolute Gasteiger partial charge is 0.385 e. The van der Waals surface area contributed by atoms with Crippen LogP contribution >= 0.6 is 0 Å². The van der Waals surface area contributed by atoms with Crippen molar-refractivity contribution in [2.45, 2.75) is 32.6 Å². The van der Waals surface area contributed by atoms with Crippen LogP contribution in [0.15, 0.2) is 0 Å². The minimum absolute atomic E-state index is 0.898. The molecule has 0 rings (SSSR count). The molecular weight excluding hydrogens is 138 g/mol. The van der Waals surface area contributed by atoms with Crippen LogP contribution in [0.25, 0.3) is 0 Å². The van der Waals surface area contributed by atoms with Gasteiger partial charge >= 0.3 is 0 Å². The molecule has 0 saturated carbocycles. The fourth-order valence-electron chi connectivity index (χ4n) is 0.923. The molecule has 68 valence electrons. The van der Waals surface area contributed by atoms with Gasteiger partial charge in [-0.3, -0.25) is 0 Å². The van der Waals surface area contributed by atoms with Crippen molar-refractivity contribution in [3.63, 3.8) is 0 Å². The van der Waals surface area contributed by atoms with Gasteiger partial charge in [0.1, 0.15) is 0 Å². The molecule has 0 unspecified atom stereocenters. The molecule has 0 fully saturated rings. The van der Waals surface area contributed by atoms with Crippen LogP contribution < -0.4 is 5.32 Å². The molecule has 0 amide bonds. The number of ether oxygens (including phenoxy) is 1. The molecule has 0 aliphatic rings. The fourth-order valence-corrected chi connectivity index (χ4v) is 0.923. The molecule has 11 heavy (non-hydrogen) atoms. The second-order valence-corrected chi connectivity index (χ2v) is 2.80. The van der Waals surface area contributed by atoms with Crippen molar-refractivity contribution in [3.05, 3.63) is 0 Å². The second-order valence-electron chi connectivity index (χ2n) is 2.80. The Morgan fingerprint density at radius 2 is 1.82 bits per heavy atom. The van der Waals surface area contributed by atoms with Gasteiger partial charge in [0.25, 0.3) is 0 Å². The molecular formula is C9H21NO. The van der Waals surface area contributed by atoms with Crippen LogP contribution in [0.4, 0.5) is 0 Å². The van der Waals surface area contributed by atoms with E-state index in [4.69, 9.17) is 4.74 Å². The van der Waals surface area contributed by atoms with Gasteiger partial charge in [0.2, 0.25) is 0 Å². The first-order valence-corrected chi connectivity index (χ1v) is 4.61. The number of rotatable bonds is 8. The summed E-state index contributed by atoms with van der Waals surface area (Å²) in [7, 11) is 1.75. The first kappa shape index (κ1) is 10.9. The average molecular weight is 159 g/mol. The zero-order valence-corrected chi connectivity index (χ0v) is 7.86. The van der Waals surface area contributed by atoms with Crippen molar-refractivity contribution >= 4 is 0 Å².